The Kier molecular flexibility index (Phi) is 5.51. The van der Waals surface area contributed by atoms with Crippen LogP contribution in [-0.2, 0) is 25.4 Å². The van der Waals surface area contributed by atoms with Crippen molar-refractivity contribution in [3.05, 3.63) is 54.1 Å². The molecule has 0 saturated carbocycles. The van der Waals surface area contributed by atoms with Crippen molar-refractivity contribution in [3.63, 3.8) is 0 Å². The maximum atomic E-state index is 9.97. The second kappa shape index (κ2) is 8.18. The van der Waals surface area contributed by atoms with Crippen molar-refractivity contribution >= 4 is 0 Å². The van der Waals surface area contributed by atoms with Crippen molar-refractivity contribution < 1.29 is 24.1 Å². The number of aromatic hydroxyl groups is 1. The minimum atomic E-state index is 0.283. The maximum Gasteiger partial charge on any atom is 0.119 e. The van der Waals surface area contributed by atoms with E-state index in [1.54, 1.807) is 6.07 Å². The van der Waals surface area contributed by atoms with Gasteiger partial charge in [-0.2, -0.15) is 0 Å². The van der Waals surface area contributed by atoms with Crippen LogP contribution in [-0.4, -0.2) is 56.5 Å². The fourth-order valence-corrected chi connectivity index (χ4v) is 2.75. The summed E-state index contributed by atoms with van der Waals surface area (Å²) in [5.41, 5.74) is 3.22. The molecule has 5 heteroatoms. The SMILES string of the molecule is C(OCC1CO1)C1CO1.Oc1cccc(-c2ccccc2)c1CC1CO1. The predicted octanol–water partition coefficient (Wildman–Crippen LogP) is 2.80. The normalized spacial score (nSPS) is 25.2. The standard InChI is InChI=1S/C15H14O2.C6H10O3/c16-15-8-4-7-13(11-5-2-1-3-6-11)14(15)9-12-10-17-12;1(5-3-8-5)7-2-6-4-9-6/h1-8,12,16H,9-10H2;5-6H,1-4H2. The van der Waals surface area contributed by atoms with Crippen LogP contribution in [0.25, 0.3) is 11.1 Å². The summed E-state index contributed by atoms with van der Waals surface area (Å²) in [5.74, 6) is 0.363. The van der Waals surface area contributed by atoms with E-state index in [-0.39, 0.29) is 6.10 Å². The monoisotopic (exact) mass is 356 g/mol. The van der Waals surface area contributed by atoms with Crippen molar-refractivity contribution in [2.75, 3.05) is 33.0 Å². The summed E-state index contributed by atoms with van der Waals surface area (Å²) in [5, 5.41) is 9.97. The molecule has 2 aromatic carbocycles. The average Bonchev–Trinajstić information content (AvgIpc) is 3.51. The second-order valence-corrected chi connectivity index (χ2v) is 6.78. The van der Waals surface area contributed by atoms with Crippen LogP contribution in [0.2, 0.25) is 0 Å². The second-order valence-electron chi connectivity index (χ2n) is 6.78. The molecule has 0 radical (unpaired) electrons. The molecule has 2 aromatic rings. The first-order valence-corrected chi connectivity index (χ1v) is 9.08. The van der Waals surface area contributed by atoms with E-state index in [9.17, 15) is 5.11 Å². The number of rotatable bonds is 7. The number of benzene rings is 2. The highest BCUT2D eigenvalue weighted by atomic mass is 16.6. The van der Waals surface area contributed by atoms with Gasteiger partial charge < -0.3 is 24.1 Å². The van der Waals surface area contributed by atoms with Gasteiger partial charge in [-0.1, -0.05) is 42.5 Å². The van der Waals surface area contributed by atoms with Gasteiger partial charge in [-0.25, -0.2) is 0 Å². The number of ether oxygens (including phenoxy) is 4. The van der Waals surface area contributed by atoms with E-state index in [0.29, 0.717) is 18.0 Å². The van der Waals surface area contributed by atoms with E-state index in [1.807, 2.05) is 30.3 Å². The van der Waals surface area contributed by atoms with Crippen LogP contribution in [0.1, 0.15) is 5.56 Å². The molecule has 0 spiro atoms. The number of hydrogen-bond donors (Lipinski definition) is 1. The summed E-state index contributed by atoms with van der Waals surface area (Å²) in [6.45, 7) is 4.07. The molecule has 0 aliphatic carbocycles. The lowest BCUT2D eigenvalue weighted by molar-refractivity contribution is 0.102. The lowest BCUT2D eigenvalue weighted by Gasteiger charge is -2.10. The smallest absolute Gasteiger partial charge is 0.119 e. The molecule has 138 valence electrons. The first kappa shape index (κ1) is 17.5. The molecule has 3 aliphatic rings. The summed E-state index contributed by atoms with van der Waals surface area (Å²) in [4.78, 5) is 0. The van der Waals surface area contributed by atoms with Crippen molar-refractivity contribution in [1.82, 2.24) is 0 Å². The molecule has 0 bridgehead atoms. The van der Waals surface area contributed by atoms with E-state index >= 15 is 0 Å². The third kappa shape index (κ3) is 5.29. The molecular weight excluding hydrogens is 332 g/mol. The molecule has 3 fully saturated rings. The van der Waals surface area contributed by atoms with Gasteiger partial charge in [-0.15, -0.1) is 0 Å². The molecular formula is C21H24O5. The molecule has 3 aliphatic heterocycles. The van der Waals surface area contributed by atoms with Crippen LogP contribution in [0.15, 0.2) is 48.5 Å². The highest BCUT2D eigenvalue weighted by Gasteiger charge is 2.26. The summed E-state index contributed by atoms with van der Waals surface area (Å²) >= 11 is 0. The fraction of sp³-hybridized carbons (Fsp3) is 0.429. The van der Waals surface area contributed by atoms with Crippen LogP contribution in [0.5, 0.6) is 5.75 Å². The van der Waals surface area contributed by atoms with E-state index < -0.39 is 0 Å². The van der Waals surface area contributed by atoms with Crippen LogP contribution >= 0.6 is 0 Å². The summed E-state index contributed by atoms with van der Waals surface area (Å²) in [7, 11) is 0. The Morgan fingerprint density at radius 3 is 2.00 bits per heavy atom. The maximum absolute atomic E-state index is 9.97. The molecule has 3 atom stereocenters. The topological polar surface area (TPSA) is 67.0 Å². The van der Waals surface area contributed by atoms with Crippen molar-refractivity contribution in [1.29, 1.82) is 0 Å². The number of epoxide rings is 3. The van der Waals surface area contributed by atoms with E-state index in [2.05, 4.69) is 12.1 Å². The van der Waals surface area contributed by atoms with Gasteiger partial charge in [-0.05, 0) is 17.2 Å². The molecule has 26 heavy (non-hydrogen) atoms. The highest BCUT2D eigenvalue weighted by molar-refractivity contribution is 5.70. The Balaban J connectivity index is 0.000000157. The molecule has 1 N–H and O–H groups in total. The van der Waals surface area contributed by atoms with Gasteiger partial charge in [0.15, 0.2) is 0 Å². The largest absolute Gasteiger partial charge is 0.508 e. The molecule has 5 rings (SSSR count). The van der Waals surface area contributed by atoms with Crippen LogP contribution < -0.4 is 0 Å². The molecule has 0 amide bonds. The minimum Gasteiger partial charge on any atom is -0.508 e. The minimum absolute atomic E-state index is 0.283. The average molecular weight is 356 g/mol. The first-order valence-electron chi connectivity index (χ1n) is 9.08. The number of phenolic OH excluding ortho intramolecular Hbond substituents is 1. The fourth-order valence-electron chi connectivity index (χ4n) is 2.75. The highest BCUT2D eigenvalue weighted by Crippen LogP contribution is 2.33. The van der Waals surface area contributed by atoms with Crippen molar-refractivity contribution in [2.45, 2.75) is 24.7 Å². The summed E-state index contributed by atoms with van der Waals surface area (Å²) in [6.07, 6.45) is 1.86. The van der Waals surface area contributed by atoms with E-state index in [1.165, 1.54) is 0 Å². The Labute approximate surface area is 153 Å². The summed E-state index contributed by atoms with van der Waals surface area (Å²) in [6, 6.07) is 15.8. The zero-order valence-corrected chi connectivity index (χ0v) is 14.7. The van der Waals surface area contributed by atoms with Gasteiger partial charge in [-0.3, -0.25) is 0 Å². The Hall–Kier alpha value is -1.92. The lowest BCUT2D eigenvalue weighted by Crippen LogP contribution is -2.06. The van der Waals surface area contributed by atoms with Gasteiger partial charge in [0.25, 0.3) is 0 Å². The zero-order chi connectivity index (χ0) is 17.8. The van der Waals surface area contributed by atoms with Crippen LogP contribution in [0.3, 0.4) is 0 Å². The van der Waals surface area contributed by atoms with Gasteiger partial charge in [0.2, 0.25) is 0 Å². The predicted molar refractivity (Wildman–Crippen MR) is 97.3 cm³/mol. The van der Waals surface area contributed by atoms with E-state index in [0.717, 1.165) is 56.1 Å². The number of phenols is 1. The molecule has 3 saturated heterocycles. The summed E-state index contributed by atoms with van der Waals surface area (Å²) < 4.78 is 20.4. The quantitative estimate of drug-likeness (QED) is 0.773. The van der Waals surface area contributed by atoms with Gasteiger partial charge >= 0.3 is 0 Å². The van der Waals surface area contributed by atoms with Gasteiger partial charge in [0, 0.05) is 12.0 Å². The van der Waals surface area contributed by atoms with Gasteiger partial charge in [0.1, 0.15) is 18.0 Å². The number of hydrogen-bond acceptors (Lipinski definition) is 5. The zero-order valence-electron chi connectivity index (χ0n) is 14.7. The molecule has 0 aromatic heterocycles. The van der Waals surface area contributed by atoms with Crippen molar-refractivity contribution in [3.8, 4) is 16.9 Å². The van der Waals surface area contributed by atoms with Crippen LogP contribution in [0, 0.1) is 0 Å². The molecule has 3 heterocycles. The molecule has 5 nitrogen and oxygen atoms in total. The first-order chi connectivity index (χ1) is 12.8. The van der Waals surface area contributed by atoms with Crippen molar-refractivity contribution in [2.24, 2.45) is 0 Å². The Bertz CT molecular complexity index is 694. The Morgan fingerprint density at radius 2 is 1.42 bits per heavy atom. The molecule has 3 unspecified atom stereocenters. The third-order valence-electron chi connectivity index (χ3n) is 4.48. The van der Waals surface area contributed by atoms with Crippen LogP contribution in [0.4, 0.5) is 0 Å². The Morgan fingerprint density at radius 1 is 0.808 bits per heavy atom. The van der Waals surface area contributed by atoms with Gasteiger partial charge in [0.05, 0.1) is 39.1 Å². The lowest BCUT2D eigenvalue weighted by atomic mass is 9.96. The van der Waals surface area contributed by atoms with E-state index in [4.69, 9.17) is 18.9 Å². The third-order valence-corrected chi connectivity index (χ3v) is 4.48.